The number of benzene rings is 2. The summed E-state index contributed by atoms with van der Waals surface area (Å²) in [4.78, 5) is 30.9. The van der Waals surface area contributed by atoms with Crippen molar-refractivity contribution in [3.8, 4) is 0 Å². The SMILES string of the molecule is CCN(CC)C(=O)c1ccc(NC(=O)c2cnc3ccc(N)cc3c2)cc1.Cl. The van der Waals surface area contributed by atoms with E-state index in [4.69, 9.17) is 5.73 Å². The zero-order chi connectivity index (χ0) is 19.4. The van der Waals surface area contributed by atoms with Gasteiger partial charge in [-0.2, -0.15) is 0 Å². The van der Waals surface area contributed by atoms with Crippen molar-refractivity contribution in [1.82, 2.24) is 9.88 Å². The largest absolute Gasteiger partial charge is 0.399 e. The van der Waals surface area contributed by atoms with E-state index in [1.807, 2.05) is 19.9 Å². The summed E-state index contributed by atoms with van der Waals surface area (Å²) >= 11 is 0. The molecule has 0 aliphatic rings. The molecule has 0 bridgehead atoms. The lowest BCUT2D eigenvalue weighted by Gasteiger charge is -2.18. The number of nitrogens with one attached hydrogen (secondary N) is 1. The second kappa shape index (κ2) is 9.19. The monoisotopic (exact) mass is 398 g/mol. The van der Waals surface area contributed by atoms with E-state index in [0.29, 0.717) is 35.6 Å². The highest BCUT2D eigenvalue weighted by molar-refractivity contribution is 6.06. The maximum atomic E-state index is 12.5. The van der Waals surface area contributed by atoms with Crippen molar-refractivity contribution >= 4 is 46.5 Å². The van der Waals surface area contributed by atoms with Crippen molar-refractivity contribution < 1.29 is 9.59 Å². The Bertz CT molecular complexity index is 985. The Morgan fingerprint density at radius 1 is 1.00 bits per heavy atom. The summed E-state index contributed by atoms with van der Waals surface area (Å²) in [6.45, 7) is 5.21. The van der Waals surface area contributed by atoms with E-state index in [1.54, 1.807) is 47.4 Å². The molecule has 0 aliphatic carbocycles. The van der Waals surface area contributed by atoms with Gasteiger partial charge in [0, 0.05) is 41.6 Å². The van der Waals surface area contributed by atoms with Gasteiger partial charge in [-0.25, -0.2) is 0 Å². The van der Waals surface area contributed by atoms with Crippen LogP contribution in [0, 0.1) is 0 Å². The van der Waals surface area contributed by atoms with Crippen molar-refractivity contribution in [3.63, 3.8) is 0 Å². The minimum atomic E-state index is -0.269. The van der Waals surface area contributed by atoms with Gasteiger partial charge in [-0.15, -0.1) is 12.4 Å². The van der Waals surface area contributed by atoms with Crippen LogP contribution in [0.4, 0.5) is 11.4 Å². The number of hydrogen-bond acceptors (Lipinski definition) is 4. The van der Waals surface area contributed by atoms with E-state index < -0.39 is 0 Å². The molecule has 6 nitrogen and oxygen atoms in total. The predicted molar refractivity (Wildman–Crippen MR) is 115 cm³/mol. The molecule has 0 aliphatic heterocycles. The molecule has 28 heavy (non-hydrogen) atoms. The summed E-state index contributed by atoms with van der Waals surface area (Å²) < 4.78 is 0. The quantitative estimate of drug-likeness (QED) is 0.636. The first-order valence-electron chi connectivity index (χ1n) is 8.87. The molecule has 3 N–H and O–H groups in total. The second-order valence-corrected chi connectivity index (χ2v) is 6.19. The zero-order valence-corrected chi connectivity index (χ0v) is 16.6. The van der Waals surface area contributed by atoms with Gasteiger partial charge < -0.3 is 16.0 Å². The molecule has 1 heterocycles. The minimum Gasteiger partial charge on any atom is -0.399 e. The van der Waals surface area contributed by atoms with Crippen molar-refractivity contribution in [1.29, 1.82) is 0 Å². The fourth-order valence-corrected chi connectivity index (χ4v) is 2.87. The summed E-state index contributed by atoms with van der Waals surface area (Å²) in [5, 5.41) is 3.63. The number of hydrogen-bond donors (Lipinski definition) is 2. The van der Waals surface area contributed by atoms with Crippen LogP contribution in [0.1, 0.15) is 34.6 Å². The highest BCUT2D eigenvalue weighted by Crippen LogP contribution is 2.18. The van der Waals surface area contributed by atoms with Gasteiger partial charge in [-0.1, -0.05) is 0 Å². The number of nitrogens with two attached hydrogens (primary N) is 1. The molecule has 1 aromatic heterocycles. The van der Waals surface area contributed by atoms with Crippen molar-refractivity contribution in [2.75, 3.05) is 24.1 Å². The number of nitrogens with zero attached hydrogens (tertiary/aromatic N) is 2. The van der Waals surface area contributed by atoms with Gasteiger partial charge in [0.2, 0.25) is 0 Å². The Hall–Kier alpha value is -3.12. The molecule has 146 valence electrons. The maximum absolute atomic E-state index is 12.5. The fraction of sp³-hybridized carbons (Fsp3) is 0.190. The lowest BCUT2D eigenvalue weighted by atomic mass is 10.1. The lowest BCUT2D eigenvalue weighted by Crippen LogP contribution is -2.30. The number of aromatic nitrogens is 1. The maximum Gasteiger partial charge on any atom is 0.257 e. The predicted octanol–water partition coefficient (Wildman–Crippen LogP) is 3.97. The van der Waals surface area contributed by atoms with Crippen LogP contribution in [-0.4, -0.2) is 34.8 Å². The van der Waals surface area contributed by atoms with E-state index in [9.17, 15) is 9.59 Å². The van der Waals surface area contributed by atoms with Gasteiger partial charge in [0.05, 0.1) is 11.1 Å². The van der Waals surface area contributed by atoms with Gasteiger partial charge >= 0.3 is 0 Å². The van der Waals surface area contributed by atoms with E-state index >= 15 is 0 Å². The zero-order valence-electron chi connectivity index (χ0n) is 15.8. The lowest BCUT2D eigenvalue weighted by molar-refractivity contribution is 0.0773. The number of pyridine rings is 1. The molecule has 0 saturated heterocycles. The van der Waals surface area contributed by atoms with Crippen LogP contribution in [0.25, 0.3) is 10.9 Å². The molecule has 0 fully saturated rings. The molecule has 3 aromatic rings. The Balaban J connectivity index is 0.00000280. The molecular formula is C21H23ClN4O2. The summed E-state index contributed by atoms with van der Waals surface area (Å²) in [7, 11) is 0. The third-order valence-electron chi connectivity index (χ3n) is 4.41. The number of carbonyl (C=O) groups excluding carboxylic acids is 2. The van der Waals surface area contributed by atoms with E-state index in [2.05, 4.69) is 10.3 Å². The molecule has 0 spiro atoms. The number of halogens is 1. The van der Waals surface area contributed by atoms with Crippen LogP contribution in [0.5, 0.6) is 0 Å². The summed E-state index contributed by atoms with van der Waals surface area (Å²) in [6.07, 6.45) is 1.53. The molecule has 2 aromatic carbocycles. The molecule has 7 heteroatoms. The molecule has 0 radical (unpaired) electrons. The molecule has 2 amide bonds. The van der Waals surface area contributed by atoms with E-state index in [1.165, 1.54) is 6.20 Å². The summed E-state index contributed by atoms with van der Waals surface area (Å²) in [5.41, 5.74) is 8.85. The molecule has 3 rings (SSSR count). The molecular weight excluding hydrogens is 376 g/mol. The van der Waals surface area contributed by atoms with Crippen LogP contribution < -0.4 is 11.1 Å². The van der Waals surface area contributed by atoms with Crippen molar-refractivity contribution in [3.05, 3.63) is 65.9 Å². The number of carbonyl (C=O) groups is 2. The first-order chi connectivity index (χ1) is 13.0. The fourth-order valence-electron chi connectivity index (χ4n) is 2.87. The highest BCUT2D eigenvalue weighted by Gasteiger charge is 2.13. The third-order valence-corrected chi connectivity index (χ3v) is 4.41. The third kappa shape index (κ3) is 4.58. The molecule has 0 saturated carbocycles. The molecule has 0 atom stereocenters. The number of nitrogen functional groups attached to an aromatic ring is 1. The highest BCUT2D eigenvalue weighted by atomic mass is 35.5. The first-order valence-corrected chi connectivity index (χ1v) is 8.87. The number of fused-ring (bicyclic) bond motifs is 1. The summed E-state index contributed by atoms with van der Waals surface area (Å²) in [5.74, 6) is -0.288. The van der Waals surface area contributed by atoms with Crippen LogP contribution in [-0.2, 0) is 0 Å². The van der Waals surface area contributed by atoms with Gasteiger partial charge in [-0.05, 0) is 62.4 Å². The average molecular weight is 399 g/mol. The second-order valence-electron chi connectivity index (χ2n) is 6.19. The Morgan fingerprint density at radius 2 is 1.68 bits per heavy atom. The average Bonchev–Trinajstić information content (AvgIpc) is 2.68. The van der Waals surface area contributed by atoms with Crippen LogP contribution in [0.15, 0.2) is 54.7 Å². The van der Waals surface area contributed by atoms with Gasteiger partial charge in [0.15, 0.2) is 0 Å². The Labute approximate surface area is 170 Å². The number of amides is 2. The van der Waals surface area contributed by atoms with E-state index in [-0.39, 0.29) is 24.2 Å². The van der Waals surface area contributed by atoms with Gasteiger partial charge in [0.1, 0.15) is 0 Å². The standard InChI is InChI=1S/C21H22N4O2.ClH/c1-3-25(4-2)21(27)14-5-8-18(9-6-14)24-20(26)16-11-15-12-17(22)7-10-19(15)23-13-16;/h5-13H,3-4,22H2,1-2H3,(H,24,26);1H. The summed E-state index contributed by atoms with van der Waals surface area (Å²) in [6, 6.07) is 14.0. The normalized spacial score (nSPS) is 10.2. The first kappa shape index (κ1) is 21.2. The van der Waals surface area contributed by atoms with Crippen LogP contribution in [0.2, 0.25) is 0 Å². The van der Waals surface area contributed by atoms with E-state index in [0.717, 1.165) is 10.9 Å². The van der Waals surface area contributed by atoms with Crippen molar-refractivity contribution in [2.24, 2.45) is 0 Å². The van der Waals surface area contributed by atoms with Crippen molar-refractivity contribution in [2.45, 2.75) is 13.8 Å². The molecule has 0 unspecified atom stereocenters. The Morgan fingerprint density at radius 3 is 2.32 bits per heavy atom. The van der Waals surface area contributed by atoms with Gasteiger partial charge in [-0.3, -0.25) is 14.6 Å². The topological polar surface area (TPSA) is 88.3 Å². The number of rotatable bonds is 5. The Kier molecular flexibility index (Phi) is 6.95. The van der Waals surface area contributed by atoms with Crippen LogP contribution in [0.3, 0.4) is 0 Å². The smallest absolute Gasteiger partial charge is 0.257 e. The van der Waals surface area contributed by atoms with Crippen LogP contribution >= 0.6 is 12.4 Å². The van der Waals surface area contributed by atoms with Gasteiger partial charge in [0.25, 0.3) is 11.8 Å². The minimum absolute atomic E-state index is 0. The number of anilines is 2.